The van der Waals surface area contributed by atoms with E-state index in [-0.39, 0.29) is 5.56 Å². The van der Waals surface area contributed by atoms with E-state index in [1.807, 2.05) is 30.3 Å². The molecule has 5 heteroatoms. The lowest BCUT2D eigenvalue weighted by Crippen LogP contribution is -2.26. The highest BCUT2D eigenvalue weighted by Gasteiger charge is 2.23. The Kier molecular flexibility index (Phi) is 3.85. The summed E-state index contributed by atoms with van der Waals surface area (Å²) in [5.74, 6) is 0.0822. The summed E-state index contributed by atoms with van der Waals surface area (Å²) in [6.45, 7) is 0. The molecule has 0 aliphatic heterocycles. The van der Waals surface area contributed by atoms with Crippen LogP contribution in [0.3, 0.4) is 0 Å². The Morgan fingerprint density at radius 3 is 2.52 bits per heavy atom. The fourth-order valence-electron chi connectivity index (χ4n) is 2.61. The molecule has 0 saturated carbocycles. The van der Waals surface area contributed by atoms with Crippen molar-refractivity contribution in [3.8, 4) is 16.9 Å². The molecule has 3 rings (SSSR count). The predicted molar refractivity (Wildman–Crippen MR) is 87.9 cm³/mol. The van der Waals surface area contributed by atoms with E-state index in [0.29, 0.717) is 27.8 Å². The summed E-state index contributed by atoms with van der Waals surface area (Å²) < 4.78 is 10.7. The summed E-state index contributed by atoms with van der Waals surface area (Å²) in [7, 11) is 3.02. The van der Waals surface area contributed by atoms with Gasteiger partial charge in [0, 0.05) is 23.6 Å². The maximum absolute atomic E-state index is 12.4. The smallest absolute Gasteiger partial charge is 0.349 e. The second-order valence-corrected chi connectivity index (χ2v) is 4.92. The average Bonchev–Trinajstić information content (AvgIpc) is 2.59. The Bertz CT molecular complexity index is 943. The highest BCUT2D eigenvalue weighted by molar-refractivity contribution is 6.08. The van der Waals surface area contributed by atoms with Crippen LogP contribution in [0, 0.1) is 0 Å². The van der Waals surface area contributed by atoms with E-state index in [2.05, 4.69) is 5.32 Å². The van der Waals surface area contributed by atoms with Crippen molar-refractivity contribution in [1.29, 1.82) is 0 Å². The first-order chi connectivity index (χ1) is 11.2. The van der Waals surface area contributed by atoms with Gasteiger partial charge in [-0.15, -0.1) is 0 Å². The zero-order chi connectivity index (χ0) is 16.4. The van der Waals surface area contributed by atoms with E-state index >= 15 is 0 Å². The molecule has 1 aromatic heterocycles. The van der Waals surface area contributed by atoms with Gasteiger partial charge in [-0.2, -0.15) is 0 Å². The number of hydrogen-bond donors (Lipinski definition) is 1. The second kappa shape index (κ2) is 5.96. The summed E-state index contributed by atoms with van der Waals surface area (Å²) in [5.41, 5.74) is 0.886. The molecule has 3 aromatic rings. The molecule has 5 nitrogen and oxygen atoms in total. The molecule has 0 unspecified atom stereocenters. The lowest BCUT2D eigenvalue weighted by molar-refractivity contribution is 0.0960. The normalized spacial score (nSPS) is 10.5. The van der Waals surface area contributed by atoms with Gasteiger partial charge < -0.3 is 14.5 Å². The minimum atomic E-state index is -0.677. The highest BCUT2D eigenvalue weighted by Crippen LogP contribution is 2.36. The molecule has 1 heterocycles. The first-order valence-electron chi connectivity index (χ1n) is 7.08. The van der Waals surface area contributed by atoms with Crippen LogP contribution in [-0.4, -0.2) is 20.1 Å². The number of amides is 1. The summed E-state index contributed by atoms with van der Waals surface area (Å²) in [4.78, 5) is 24.6. The molecule has 0 aliphatic rings. The van der Waals surface area contributed by atoms with Gasteiger partial charge in [-0.05, 0) is 12.1 Å². The van der Waals surface area contributed by atoms with Gasteiger partial charge in [0.1, 0.15) is 16.9 Å². The third kappa shape index (κ3) is 2.46. The van der Waals surface area contributed by atoms with E-state index in [0.717, 1.165) is 0 Å². The van der Waals surface area contributed by atoms with E-state index in [4.69, 9.17) is 9.15 Å². The Labute approximate surface area is 132 Å². The molecular weight excluding hydrogens is 294 g/mol. The standard InChI is InChI=1S/C18H15NO4/c1-19-17(20)16-15(11-7-3-5-9-13(11)22-2)12-8-4-6-10-14(12)23-18(16)21/h3-10H,1-2H3,(H,19,20). The van der Waals surface area contributed by atoms with E-state index in [9.17, 15) is 9.59 Å². The molecule has 0 spiro atoms. The number of rotatable bonds is 3. The minimum absolute atomic E-state index is 0.0318. The summed E-state index contributed by atoms with van der Waals surface area (Å²) >= 11 is 0. The first-order valence-corrected chi connectivity index (χ1v) is 7.08. The monoisotopic (exact) mass is 309 g/mol. The number of carbonyl (C=O) groups excluding carboxylic acids is 1. The average molecular weight is 309 g/mol. The Balaban J connectivity index is 2.50. The van der Waals surface area contributed by atoms with E-state index in [1.54, 1.807) is 25.3 Å². The van der Waals surface area contributed by atoms with Crippen LogP contribution in [0.5, 0.6) is 5.75 Å². The van der Waals surface area contributed by atoms with Gasteiger partial charge in [-0.25, -0.2) is 4.79 Å². The number of benzene rings is 2. The van der Waals surface area contributed by atoms with Crippen LogP contribution in [0.4, 0.5) is 0 Å². The Morgan fingerprint density at radius 1 is 1.09 bits per heavy atom. The number of hydrogen-bond acceptors (Lipinski definition) is 4. The minimum Gasteiger partial charge on any atom is -0.496 e. The maximum atomic E-state index is 12.4. The molecule has 23 heavy (non-hydrogen) atoms. The van der Waals surface area contributed by atoms with Crippen LogP contribution in [0.15, 0.2) is 57.7 Å². The predicted octanol–water partition coefficient (Wildman–Crippen LogP) is 2.83. The van der Waals surface area contributed by atoms with Gasteiger partial charge in [0.2, 0.25) is 0 Å². The van der Waals surface area contributed by atoms with Crippen LogP contribution >= 0.6 is 0 Å². The van der Waals surface area contributed by atoms with Crippen LogP contribution in [0.2, 0.25) is 0 Å². The molecule has 0 bridgehead atoms. The lowest BCUT2D eigenvalue weighted by atomic mass is 9.96. The van der Waals surface area contributed by atoms with Gasteiger partial charge >= 0.3 is 5.63 Å². The fourth-order valence-corrected chi connectivity index (χ4v) is 2.61. The zero-order valence-corrected chi connectivity index (χ0v) is 12.8. The molecule has 1 N–H and O–H groups in total. The summed E-state index contributed by atoms with van der Waals surface area (Å²) in [6, 6.07) is 14.4. The molecule has 1 amide bonds. The van der Waals surface area contributed by atoms with Crippen LogP contribution in [-0.2, 0) is 0 Å². The van der Waals surface area contributed by atoms with Gasteiger partial charge in [0.15, 0.2) is 0 Å². The van der Waals surface area contributed by atoms with Crippen molar-refractivity contribution in [2.75, 3.05) is 14.2 Å². The largest absolute Gasteiger partial charge is 0.496 e. The van der Waals surface area contributed by atoms with Crippen molar-refractivity contribution in [3.05, 3.63) is 64.5 Å². The fraction of sp³-hybridized carbons (Fsp3) is 0.111. The topological polar surface area (TPSA) is 68.5 Å². The molecule has 0 atom stereocenters. The number of ether oxygens (including phenoxy) is 1. The van der Waals surface area contributed by atoms with Crippen molar-refractivity contribution < 1.29 is 13.9 Å². The van der Waals surface area contributed by atoms with E-state index < -0.39 is 11.5 Å². The van der Waals surface area contributed by atoms with Crippen LogP contribution < -0.4 is 15.7 Å². The van der Waals surface area contributed by atoms with Gasteiger partial charge in [0.05, 0.1) is 7.11 Å². The maximum Gasteiger partial charge on any atom is 0.349 e. The van der Waals surface area contributed by atoms with Crippen molar-refractivity contribution in [1.82, 2.24) is 5.32 Å². The van der Waals surface area contributed by atoms with Gasteiger partial charge in [0.25, 0.3) is 5.91 Å². The zero-order valence-electron chi connectivity index (χ0n) is 12.8. The lowest BCUT2D eigenvalue weighted by Gasteiger charge is -2.13. The molecular formula is C18H15NO4. The number of para-hydroxylation sites is 2. The quantitative estimate of drug-likeness (QED) is 0.755. The number of nitrogens with one attached hydrogen (secondary N) is 1. The van der Waals surface area contributed by atoms with Gasteiger partial charge in [-0.3, -0.25) is 4.79 Å². The van der Waals surface area contributed by atoms with Crippen LogP contribution in [0.1, 0.15) is 10.4 Å². The molecule has 2 aromatic carbocycles. The molecule has 0 radical (unpaired) electrons. The first kappa shape index (κ1) is 14.8. The molecule has 116 valence electrons. The number of methoxy groups -OCH3 is 1. The van der Waals surface area contributed by atoms with Crippen LogP contribution in [0.25, 0.3) is 22.1 Å². The third-order valence-electron chi connectivity index (χ3n) is 3.64. The van der Waals surface area contributed by atoms with Crippen molar-refractivity contribution in [2.45, 2.75) is 0 Å². The Morgan fingerprint density at radius 2 is 1.78 bits per heavy atom. The molecule has 0 saturated heterocycles. The van der Waals surface area contributed by atoms with Crippen molar-refractivity contribution >= 4 is 16.9 Å². The Hall–Kier alpha value is -3.08. The molecule has 0 fully saturated rings. The van der Waals surface area contributed by atoms with E-state index in [1.165, 1.54) is 7.05 Å². The number of carbonyl (C=O) groups is 1. The molecule has 0 aliphatic carbocycles. The third-order valence-corrected chi connectivity index (χ3v) is 3.64. The summed E-state index contributed by atoms with van der Waals surface area (Å²) in [5, 5.41) is 3.17. The van der Waals surface area contributed by atoms with Gasteiger partial charge in [-0.1, -0.05) is 36.4 Å². The van der Waals surface area contributed by atoms with Crippen molar-refractivity contribution in [3.63, 3.8) is 0 Å². The summed E-state index contributed by atoms with van der Waals surface area (Å²) in [6.07, 6.45) is 0. The second-order valence-electron chi connectivity index (χ2n) is 4.92. The number of fused-ring (bicyclic) bond motifs is 1. The SMILES string of the molecule is CNC(=O)c1c(-c2ccccc2OC)c2ccccc2oc1=O. The van der Waals surface area contributed by atoms with Crippen molar-refractivity contribution in [2.24, 2.45) is 0 Å². The highest BCUT2D eigenvalue weighted by atomic mass is 16.5.